The number of phenolic OH excluding ortho intramolecular Hbond substituents is 1. The Morgan fingerprint density at radius 2 is 1.72 bits per heavy atom. The Hall–Kier alpha value is -2.22. The molecule has 2 nitrogen and oxygen atoms in total. The highest BCUT2D eigenvalue weighted by atomic mass is 16.5. The number of ether oxygens (including phenoxy) is 1. The van der Waals surface area contributed by atoms with Crippen molar-refractivity contribution in [3.8, 4) is 11.5 Å². The summed E-state index contributed by atoms with van der Waals surface area (Å²) in [5, 5.41) is 10.0. The minimum Gasteiger partial charge on any atom is -0.508 e. The molecule has 0 aliphatic carbocycles. The monoisotopic (exact) mass is 238 g/mol. The Morgan fingerprint density at radius 3 is 2.44 bits per heavy atom. The molecule has 18 heavy (non-hydrogen) atoms. The minimum atomic E-state index is -0.699. The predicted octanol–water partition coefficient (Wildman–Crippen LogP) is 3.71. The summed E-state index contributed by atoms with van der Waals surface area (Å²) in [5.74, 6) is 1.04. The van der Waals surface area contributed by atoms with E-state index >= 15 is 0 Å². The third kappa shape index (κ3) is 1.35. The lowest BCUT2D eigenvalue weighted by atomic mass is 9.86. The zero-order valence-electron chi connectivity index (χ0n) is 10.2. The summed E-state index contributed by atoms with van der Waals surface area (Å²) >= 11 is 0. The third-order valence-electron chi connectivity index (χ3n) is 3.52. The fourth-order valence-electron chi connectivity index (χ4n) is 2.44. The van der Waals surface area contributed by atoms with Crippen LogP contribution in [-0.2, 0) is 5.60 Å². The molecule has 0 amide bonds. The maximum Gasteiger partial charge on any atom is 0.160 e. The number of aromatic hydroxyl groups is 1. The van der Waals surface area contributed by atoms with Crippen molar-refractivity contribution in [2.45, 2.75) is 12.5 Å². The van der Waals surface area contributed by atoms with Crippen molar-refractivity contribution in [3.05, 3.63) is 66.2 Å². The van der Waals surface area contributed by atoms with E-state index in [0.717, 1.165) is 22.4 Å². The smallest absolute Gasteiger partial charge is 0.160 e. The van der Waals surface area contributed by atoms with E-state index in [4.69, 9.17) is 4.74 Å². The molecule has 0 bridgehead atoms. The Balaban J connectivity index is 2.15. The fourth-order valence-corrected chi connectivity index (χ4v) is 2.44. The topological polar surface area (TPSA) is 29.5 Å². The number of hydrogen-bond acceptors (Lipinski definition) is 2. The SMILES string of the molecule is C=C1c2ccccc2OC1(C)c1ccccc1O. The summed E-state index contributed by atoms with van der Waals surface area (Å²) in [6.45, 7) is 6.06. The van der Waals surface area contributed by atoms with Crippen molar-refractivity contribution in [3.63, 3.8) is 0 Å². The van der Waals surface area contributed by atoms with E-state index in [1.165, 1.54) is 0 Å². The van der Waals surface area contributed by atoms with Crippen LogP contribution in [0.1, 0.15) is 18.1 Å². The fraction of sp³-hybridized carbons (Fsp3) is 0.125. The number of rotatable bonds is 1. The van der Waals surface area contributed by atoms with E-state index in [-0.39, 0.29) is 5.75 Å². The van der Waals surface area contributed by atoms with Crippen LogP contribution in [0.15, 0.2) is 55.1 Å². The molecule has 1 unspecified atom stereocenters. The van der Waals surface area contributed by atoms with Crippen molar-refractivity contribution in [2.24, 2.45) is 0 Å². The first-order valence-corrected chi connectivity index (χ1v) is 5.89. The van der Waals surface area contributed by atoms with E-state index in [1.54, 1.807) is 12.1 Å². The van der Waals surface area contributed by atoms with Crippen molar-refractivity contribution >= 4 is 5.57 Å². The third-order valence-corrected chi connectivity index (χ3v) is 3.52. The van der Waals surface area contributed by atoms with E-state index in [9.17, 15) is 5.11 Å². The van der Waals surface area contributed by atoms with Crippen LogP contribution in [0.4, 0.5) is 0 Å². The highest BCUT2D eigenvalue weighted by Crippen LogP contribution is 2.50. The molecule has 3 rings (SSSR count). The second-order valence-electron chi connectivity index (χ2n) is 4.63. The molecular weight excluding hydrogens is 224 g/mol. The van der Waals surface area contributed by atoms with Gasteiger partial charge in [0.25, 0.3) is 0 Å². The average Bonchev–Trinajstić information content (AvgIpc) is 2.64. The van der Waals surface area contributed by atoms with Crippen molar-refractivity contribution in [1.29, 1.82) is 0 Å². The lowest BCUT2D eigenvalue weighted by Gasteiger charge is -2.26. The molecule has 0 aromatic heterocycles. The van der Waals surface area contributed by atoms with Crippen molar-refractivity contribution < 1.29 is 9.84 Å². The van der Waals surface area contributed by atoms with E-state index in [0.29, 0.717) is 0 Å². The van der Waals surface area contributed by atoms with E-state index in [1.807, 2.05) is 43.3 Å². The second-order valence-corrected chi connectivity index (χ2v) is 4.63. The van der Waals surface area contributed by atoms with Crippen LogP contribution in [0.25, 0.3) is 5.57 Å². The van der Waals surface area contributed by atoms with Gasteiger partial charge in [-0.25, -0.2) is 0 Å². The minimum absolute atomic E-state index is 0.231. The molecule has 0 fully saturated rings. The van der Waals surface area contributed by atoms with E-state index in [2.05, 4.69) is 6.58 Å². The first kappa shape index (κ1) is 10.9. The van der Waals surface area contributed by atoms with Crippen molar-refractivity contribution in [1.82, 2.24) is 0 Å². The van der Waals surface area contributed by atoms with Gasteiger partial charge in [0.1, 0.15) is 11.5 Å². The molecule has 90 valence electrons. The van der Waals surface area contributed by atoms with Gasteiger partial charge in [-0.05, 0) is 19.1 Å². The standard InChI is InChI=1S/C16H14O2/c1-11-12-7-3-6-10-15(12)18-16(11,2)13-8-4-5-9-14(13)17/h3-10,17H,1H2,2H3. The summed E-state index contributed by atoms with van der Waals surface area (Å²) in [6.07, 6.45) is 0. The summed E-state index contributed by atoms with van der Waals surface area (Å²) in [5.41, 5.74) is 1.92. The number of phenols is 1. The molecule has 1 N–H and O–H groups in total. The van der Waals surface area contributed by atoms with E-state index < -0.39 is 5.60 Å². The van der Waals surface area contributed by atoms with Gasteiger partial charge in [-0.1, -0.05) is 43.0 Å². The summed E-state index contributed by atoms with van der Waals surface area (Å²) < 4.78 is 6.01. The van der Waals surface area contributed by atoms with Gasteiger partial charge in [0, 0.05) is 16.7 Å². The first-order chi connectivity index (χ1) is 8.63. The number of hydrogen-bond donors (Lipinski definition) is 1. The van der Waals surface area contributed by atoms with Crippen molar-refractivity contribution in [2.75, 3.05) is 0 Å². The molecular formula is C16H14O2. The Bertz CT molecular complexity index is 630. The van der Waals surface area contributed by atoms with Gasteiger partial charge in [-0.15, -0.1) is 0 Å². The highest BCUT2D eigenvalue weighted by Gasteiger charge is 2.41. The lowest BCUT2D eigenvalue weighted by Crippen LogP contribution is -2.25. The van der Waals surface area contributed by atoms with Crippen LogP contribution in [0.2, 0.25) is 0 Å². The molecule has 0 spiro atoms. The molecule has 0 saturated heterocycles. The second kappa shape index (κ2) is 3.64. The van der Waals surface area contributed by atoms with Gasteiger partial charge >= 0.3 is 0 Å². The lowest BCUT2D eigenvalue weighted by molar-refractivity contribution is 0.165. The molecule has 1 aliphatic rings. The normalized spacial score (nSPS) is 21.5. The summed E-state index contributed by atoms with van der Waals surface area (Å²) in [7, 11) is 0. The van der Waals surface area contributed by atoms with Gasteiger partial charge in [0.15, 0.2) is 5.60 Å². The zero-order chi connectivity index (χ0) is 12.8. The summed E-state index contributed by atoms with van der Waals surface area (Å²) in [4.78, 5) is 0. The predicted molar refractivity (Wildman–Crippen MR) is 71.6 cm³/mol. The maximum atomic E-state index is 10.0. The molecule has 1 atom stereocenters. The maximum absolute atomic E-state index is 10.0. The van der Waals surface area contributed by atoms with Gasteiger partial charge in [0.2, 0.25) is 0 Å². The Labute approximate surface area is 106 Å². The van der Waals surface area contributed by atoms with Crippen LogP contribution in [0.3, 0.4) is 0 Å². The van der Waals surface area contributed by atoms with Crippen LogP contribution in [0, 0.1) is 0 Å². The number of para-hydroxylation sites is 2. The molecule has 2 aromatic rings. The van der Waals surface area contributed by atoms with Gasteiger partial charge in [0.05, 0.1) is 0 Å². The molecule has 1 aliphatic heterocycles. The number of benzene rings is 2. The largest absolute Gasteiger partial charge is 0.508 e. The zero-order valence-corrected chi connectivity index (χ0v) is 10.2. The Kier molecular flexibility index (Phi) is 2.20. The number of fused-ring (bicyclic) bond motifs is 1. The Morgan fingerprint density at radius 1 is 1.06 bits per heavy atom. The molecule has 0 radical (unpaired) electrons. The van der Waals surface area contributed by atoms with Crippen LogP contribution < -0.4 is 4.74 Å². The highest BCUT2D eigenvalue weighted by molar-refractivity contribution is 5.80. The van der Waals surface area contributed by atoms with Gasteiger partial charge in [-0.3, -0.25) is 0 Å². The average molecular weight is 238 g/mol. The van der Waals surface area contributed by atoms with Gasteiger partial charge in [-0.2, -0.15) is 0 Å². The van der Waals surface area contributed by atoms with Crippen LogP contribution in [-0.4, -0.2) is 5.11 Å². The summed E-state index contributed by atoms with van der Waals surface area (Å²) in [6, 6.07) is 15.0. The molecule has 2 aromatic carbocycles. The van der Waals surface area contributed by atoms with Crippen LogP contribution in [0.5, 0.6) is 11.5 Å². The molecule has 0 saturated carbocycles. The quantitative estimate of drug-likeness (QED) is 0.820. The van der Waals surface area contributed by atoms with Crippen LogP contribution >= 0.6 is 0 Å². The molecule has 2 heteroatoms. The van der Waals surface area contributed by atoms with Gasteiger partial charge < -0.3 is 9.84 Å². The molecule has 1 heterocycles. The first-order valence-electron chi connectivity index (χ1n) is 5.89.